The van der Waals surface area contributed by atoms with Gasteiger partial charge in [-0.1, -0.05) is 35.9 Å². The smallest absolute Gasteiger partial charge is 0.344 e. The molecule has 0 heterocycles. The Morgan fingerprint density at radius 2 is 2.00 bits per heavy atom. The lowest BCUT2D eigenvalue weighted by Gasteiger charge is -2.09. The van der Waals surface area contributed by atoms with Gasteiger partial charge in [-0.05, 0) is 24.6 Å². The van der Waals surface area contributed by atoms with Crippen LogP contribution in [0.3, 0.4) is 0 Å². The third-order valence-electron chi connectivity index (χ3n) is 3.26. The lowest BCUT2D eigenvalue weighted by atomic mass is 10.1. The van der Waals surface area contributed by atoms with Gasteiger partial charge in [-0.25, -0.2) is 4.79 Å². The highest BCUT2D eigenvalue weighted by Crippen LogP contribution is 2.25. The summed E-state index contributed by atoms with van der Waals surface area (Å²) in [4.78, 5) is 22.1. The molecule has 0 N–H and O–H groups in total. The number of carbonyl (C=O) groups is 1. The standard InChI is InChI=1S/C17H16ClNO5/c1-12-6-7-16(14(18)10-12)24-11-17(20)23-9-8-13-4-2-3-5-15(13)19(21)22/h2-7,10H,8-9,11H2,1H3. The van der Waals surface area contributed by atoms with Crippen LogP contribution in [0.2, 0.25) is 5.02 Å². The van der Waals surface area contributed by atoms with Crippen LogP contribution < -0.4 is 4.74 Å². The van der Waals surface area contributed by atoms with Gasteiger partial charge in [0.05, 0.1) is 16.6 Å². The molecule has 0 saturated heterocycles. The Morgan fingerprint density at radius 1 is 1.25 bits per heavy atom. The Hall–Kier alpha value is -2.60. The minimum Gasteiger partial charge on any atom is -0.480 e. The highest BCUT2D eigenvalue weighted by Gasteiger charge is 2.13. The van der Waals surface area contributed by atoms with Crippen LogP contribution in [0.25, 0.3) is 0 Å². The van der Waals surface area contributed by atoms with Crippen molar-refractivity contribution in [3.63, 3.8) is 0 Å². The molecule has 126 valence electrons. The average Bonchev–Trinajstić information content (AvgIpc) is 2.54. The molecule has 24 heavy (non-hydrogen) atoms. The third-order valence-corrected chi connectivity index (χ3v) is 3.55. The number of hydrogen-bond donors (Lipinski definition) is 0. The minimum atomic E-state index is -0.565. The van der Waals surface area contributed by atoms with Gasteiger partial charge in [0.2, 0.25) is 0 Å². The fourth-order valence-corrected chi connectivity index (χ4v) is 2.37. The second-order valence-corrected chi connectivity index (χ2v) is 5.49. The first-order valence-corrected chi connectivity index (χ1v) is 7.62. The Morgan fingerprint density at radius 3 is 2.71 bits per heavy atom. The second-order valence-electron chi connectivity index (χ2n) is 5.08. The summed E-state index contributed by atoms with van der Waals surface area (Å²) in [5.74, 6) is -0.164. The predicted octanol–water partition coefficient (Wildman–Crippen LogP) is 3.72. The van der Waals surface area contributed by atoms with Crippen molar-refractivity contribution in [2.45, 2.75) is 13.3 Å². The van der Waals surface area contributed by atoms with E-state index < -0.39 is 10.9 Å². The predicted molar refractivity (Wildman–Crippen MR) is 89.4 cm³/mol. The maximum atomic E-state index is 11.7. The Balaban J connectivity index is 1.81. The second kappa shape index (κ2) is 8.31. The van der Waals surface area contributed by atoms with Gasteiger partial charge in [0.1, 0.15) is 5.75 Å². The lowest BCUT2D eigenvalue weighted by molar-refractivity contribution is -0.385. The first-order chi connectivity index (χ1) is 11.5. The molecule has 6 nitrogen and oxygen atoms in total. The normalized spacial score (nSPS) is 10.2. The lowest BCUT2D eigenvalue weighted by Crippen LogP contribution is -2.16. The van der Waals surface area contributed by atoms with Crippen molar-refractivity contribution >= 4 is 23.3 Å². The van der Waals surface area contributed by atoms with E-state index in [2.05, 4.69) is 0 Å². The Bertz CT molecular complexity index is 748. The molecule has 2 aromatic carbocycles. The van der Waals surface area contributed by atoms with Gasteiger partial charge in [-0.2, -0.15) is 0 Å². The van der Waals surface area contributed by atoms with Crippen molar-refractivity contribution in [2.75, 3.05) is 13.2 Å². The summed E-state index contributed by atoms with van der Waals surface area (Å²) in [6.45, 7) is 1.65. The van der Waals surface area contributed by atoms with Gasteiger partial charge in [0, 0.05) is 18.1 Å². The molecule has 2 aromatic rings. The summed E-state index contributed by atoms with van der Waals surface area (Å²) in [6.07, 6.45) is 0.258. The third kappa shape index (κ3) is 4.96. The molecule has 0 saturated carbocycles. The molecule has 0 radical (unpaired) electrons. The van der Waals surface area contributed by atoms with E-state index in [1.54, 1.807) is 30.3 Å². The number of nitro benzene ring substituents is 1. The highest BCUT2D eigenvalue weighted by molar-refractivity contribution is 6.32. The quantitative estimate of drug-likeness (QED) is 0.432. The van der Waals surface area contributed by atoms with E-state index in [-0.39, 0.29) is 25.3 Å². The molecule has 0 amide bonds. The maximum absolute atomic E-state index is 11.7. The Labute approximate surface area is 144 Å². The number of para-hydroxylation sites is 1. The van der Waals surface area contributed by atoms with Crippen molar-refractivity contribution in [1.82, 2.24) is 0 Å². The number of ether oxygens (including phenoxy) is 2. The molecule has 0 bridgehead atoms. The van der Waals surface area contributed by atoms with Gasteiger partial charge < -0.3 is 9.47 Å². The number of nitro groups is 1. The summed E-state index contributed by atoms with van der Waals surface area (Å²) in [7, 11) is 0. The molecule has 0 fully saturated rings. The van der Waals surface area contributed by atoms with Crippen molar-refractivity contribution < 1.29 is 19.2 Å². The molecule has 2 rings (SSSR count). The number of benzene rings is 2. The zero-order valence-corrected chi connectivity index (χ0v) is 13.8. The van der Waals surface area contributed by atoms with Crippen molar-refractivity contribution in [1.29, 1.82) is 0 Å². The molecule has 0 atom stereocenters. The van der Waals surface area contributed by atoms with Crippen LogP contribution >= 0.6 is 11.6 Å². The molecule has 0 aromatic heterocycles. The SMILES string of the molecule is Cc1ccc(OCC(=O)OCCc2ccccc2[N+](=O)[O-])c(Cl)c1. The zero-order valence-electron chi connectivity index (χ0n) is 13.0. The van der Waals surface area contributed by atoms with Gasteiger partial charge in [0.15, 0.2) is 6.61 Å². The van der Waals surface area contributed by atoms with Crippen LogP contribution in [0.15, 0.2) is 42.5 Å². The molecular formula is C17H16ClNO5. The summed E-state index contributed by atoms with van der Waals surface area (Å²) >= 11 is 6.00. The number of aryl methyl sites for hydroxylation is 1. The summed E-state index contributed by atoms with van der Waals surface area (Å²) in [6, 6.07) is 11.6. The average molecular weight is 350 g/mol. The minimum absolute atomic E-state index is 0.0104. The number of carbonyl (C=O) groups excluding carboxylic acids is 1. The number of esters is 1. The summed E-state index contributed by atoms with van der Waals surface area (Å²) in [5, 5.41) is 11.3. The van der Waals surface area contributed by atoms with Gasteiger partial charge in [-0.15, -0.1) is 0 Å². The van der Waals surface area contributed by atoms with Crippen LogP contribution in [-0.4, -0.2) is 24.1 Å². The molecule has 0 spiro atoms. The van der Waals surface area contributed by atoms with E-state index in [4.69, 9.17) is 21.1 Å². The molecule has 7 heteroatoms. The topological polar surface area (TPSA) is 78.7 Å². The largest absolute Gasteiger partial charge is 0.480 e. The molecule has 0 aliphatic carbocycles. The van der Waals surface area contributed by atoms with Gasteiger partial charge >= 0.3 is 5.97 Å². The first kappa shape index (κ1) is 17.7. The molecule has 0 aliphatic rings. The van der Waals surface area contributed by atoms with Crippen LogP contribution in [0, 0.1) is 17.0 Å². The van der Waals surface area contributed by atoms with Crippen LogP contribution in [0.4, 0.5) is 5.69 Å². The molecule has 0 unspecified atom stereocenters. The first-order valence-electron chi connectivity index (χ1n) is 7.24. The summed E-state index contributed by atoms with van der Waals surface area (Å²) in [5.41, 5.74) is 1.51. The molecule has 0 aliphatic heterocycles. The fraction of sp³-hybridized carbons (Fsp3) is 0.235. The van der Waals surface area contributed by atoms with Crippen molar-refractivity contribution in [3.8, 4) is 5.75 Å². The monoisotopic (exact) mass is 349 g/mol. The number of hydrogen-bond acceptors (Lipinski definition) is 5. The van der Waals surface area contributed by atoms with E-state index in [0.717, 1.165) is 5.56 Å². The zero-order chi connectivity index (χ0) is 17.5. The number of halogens is 1. The van der Waals surface area contributed by atoms with Crippen molar-refractivity contribution in [3.05, 3.63) is 68.7 Å². The fourth-order valence-electron chi connectivity index (χ4n) is 2.08. The highest BCUT2D eigenvalue weighted by atomic mass is 35.5. The summed E-state index contributed by atoms with van der Waals surface area (Å²) < 4.78 is 10.3. The van der Waals surface area contributed by atoms with Crippen LogP contribution in [0.1, 0.15) is 11.1 Å². The van der Waals surface area contributed by atoms with Gasteiger partial charge in [-0.3, -0.25) is 10.1 Å². The van der Waals surface area contributed by atoms with E-state index in [0.29, 0.717) is 16.3 Å². The maximum Gasteiger partial charge on any atom is 0.344 e. The van der Waals surface area contributed by atoms with Crippen molar-refractivity contribution in [2.24, 2.45) is 0 Å². The van der Waals surface area contributed by atoms with Gasteiger partial charge in [0.25, 0.3) is 5.69 Å². The van der Waals surface area contributed by atoms with E-state index in [1.807, 2.05) is 13.0 Å². The van der Waals surface area contributed by atoms with E-state index in [1.165, 1.54) is 6.07 Å². The molecular weight excluding hydrogens is 334 g/mol. The number of nitrogens with zero attached hydrogens (tertiary/aromatic N) is 1. The van der Waals surface area contributed by atoms with Crippen LogP contribution in [0.5, 0.6) is 5.75 Å². The van der Waals surface area contributed by atoms with E-state index in [9.17, 15) is 14.9 Å². The Kier molecular flexibility index (Phi) is 6.14. The number of rotatable bonds is 7. The van der Waals surface area contributed by atoms with Crippen LogP contribution in [-0.2, 0) is 16.0 Å². The van der Waals surface area contributed by atoms with E-state index >= 15 is 0 Å².